The molecule has 278 valence electrons. The lowest BCUT2D eigenvalue weighted by atomic mass is 9.74. The molecular formula is C55H44N2O+2. The van der Waals surface area contributed by atoms with Gasteiger partial charge in [0.25, 0.3) is 0 Å². The first-order valence-corrected chi connectivity index (χ1v) is 19.5. The van der Waals surface area contributed by atoms with Gasteiger partial charge >= 0.3 is 0 Å². The Hall–Kier alpha value is -7.36. The second-order valence-corrected chi connectivity index (χ2v) is 14.5. The molecule has 0 bridgehead atoms. The van der Waals surface area contributed by atoms with Gasteiger partial charge in [-0.05, 0) is 102 Å². The third kappa shape index (κ3) is 7.11. The summed E-state index contributed by atoms with van der Waals surface area (Å²) in [7, 11) is 5.75. The number of pyridine rings is 2. The Kier molecular flexibility index (Phi) is 9.07. The van der Waals surface area contributed by atoms with Crippen LogP contribution in [0.5, 0.6) is 5.75 Å². The number of nitrogens with zero attached hydrogens (tertiary/aromatic N) is 2. The van der Waals surface area contributed by atoms with Crippen LogP contribution in [0.1, 0.15) is 4.11 Å². The molecule has 9 rings (SSSR count). The molecular weight excluding hydrogens is 705 g/mol. The Morgan fingerprint density at radius 1 is 0.328 bits per heavy atom. The Morgan fingerprint density at radius 2 is 0.586 bits per heavy atom. The highest BCUT2D eigenvalue weighted by atomic mass is 16.5. The largest absolute Gasteiger partial charge is 0.497 e. The predicted octanol–water partition coefficient (Wildman–Crippen LogP) is 12.7. The minimum Gasteiger partial charge on any atom is -0.497 e. The topological polar surface area (TPSA) is 17.0 Å². The van der Waals surface area contributed by atoms with Gasteiger partial charge in [0.1, 0.15) is 19.8 Å². The fraction of sp³-hybridized carbons (Fsp3) is 0.0545. The van der Waals surface area contributed by atoms with Crippen molar-refractivity contribution in [3.63, 3.8) is 0 Å². The van der Waals surface area contributed by atoms with Crippen LogP contribution < -0.4 is 13.9 Å². The van der Waals surface area contributed by atoms with E-state index in [9.17, 15) is 0 Å². The van der Waals surface area contributed by atoms with E-state index in [1.165, 1.54) is 0 Å². The first-order chi connectivity index (χ1) is 29.7. The normalized spacial score (nSPS) is 11.7. The molecule has 0 amide bonds. The fourth-order valence-corrected chi connectivity index (χ4v) is 8.08. The molecule has 0 atom stereocenters. The highest BCUT2D eigenvalue weighted by Gasteiger charge is 2.29. The zero-order valence-corrected chi connectivity index (χ0v) is 32.8. The van der Waals surface area contributed by atoms with E-state index in [2.05, 4.69) is 119 Å². The number of benzene rings is 7. The minimum absolute atomic E-state index is 0.429. The maximum absolute atomic E-state index is 8.55. The molecule has 58 heavy (non-hydrogen) atoms. The fourth-order valence-electron chi connectivity index (χ4n) is 8.08. The smallest absolute Gasteiger partial charge is 0.176 e. The van der Waals surface area contributed by atoms with Gasteiger partial charge in [-0.1, -0.05) is 152 Å². The van der Waals surface area contributed by atoms with Crippen LogP contribution in [0.4, 0.5) is 0 Å². The van der Waals surface area contributed by atoms with Crippen LogP contribution >= 0.6 is 0 Å². The Labute approximate surface area is 345 Å². The van der Waals surface area contributed by atoms with Crippen molar-refractivity contribution < 1.29 is 18.0 Å². The van der Waals surface area contributed by atoms with Crippen molar-refractivity contribution in [1.29, 1.82) is 0 Å². The van der Waals surface area contributed by atoms with Crippen LogP contribution in [0.15, 0.2) is 213 Å². The number of hydrogen-bond acceptors (Lipinski definition) is 1. The van der Waals surface area contributed by atoms with E-state index in [0.717, 1.165) is 94.8 Å². The Balaban J connectivity index is 1.48. The molecule has 3 heteroatoms. The standard InChI is InChI=1S/C55H44N2O/c1-56-35-13-21-47(37-56)39-23-27-44(28-24-39)53-50(41-15-7-4-8-16-41)54(45-29-25-40(26-30-45)48-22-14-36-57(2)38-48)52(43-19-11-6-12-20-43)55(46-31-33-49(58-3)34-32-46)51(53)42-17-9-5-10-18-42/h4-38H,1-3H3/q+2/i4D,5D,6D. The van der Waals surface area contributed by atoms with Crippen LogP contribution in [0.3, 0.4) is 0 Å². The van der Waals surface area contributed by atoms with Gasteiger partial charge in [0.05, 0.1) is 11.2 Å². The van der Waals surface area contributed by atoms with Gasteiger partial charge in [0.2, 0.25) is 0 Å². The van der Waals surface area contributed by atoms with E-state index in [0.29, 0.717) is 18.1 Å². The molecule has 3 nitrogen and oxygen atoms in total. The number of hydrogen-bond donors (Lipinski definition) is 0. The molecule has 0 N–H and O–H groups in total. The first kappa shape index (κ1) is 32.8. The third-order valence-corrected chi connectivity index (χ3v) is 10.8. The quantitative estimate of drug-likeness (QED) is 0.134. The average Bonchev–Trinajstić information content (AvgIpc) is 3.29. The van der Waals surface area contributed by atoms with E-state index in [1.807, 2.05) is 99.3 Å². The monoisotopic (exact) mass is 751 g/mol. The Bertz CT molecular complexity index is 2840. The summed E-state index contributed by atoms with van der Waals surface area (Å²) >= 11 is 0. The van der Waals surface area contributed by atoms with Gasteiger partial charge in [0, 0.05) is 23.3 Å². The molecule has 0 unspecified atom stereocenters. The lowest BCUT2D eigenvalue weighted by molar-refractivity contribution is -0.671. The summed E-state index contributed by atoms with van der Waals surface area (Å²) in [6, 6.07) is 59.1. The zero-order valence-electron chi connectivity index (χ0n) is 35.8. The molecule has 2 aromatic heterocycles. The number of aryl methyl sites for hydroxylation is 2. The molecule has 2 heterocycles. The van der Waals surface area contributed by atoms with Gasteiger partial charge in [-0.2, -0.15) is 0 Å². The van der Waals surface area contributed by atoms with Gasteiger partial charge in [0.15, 0.2) is 24.8 Å². The Morgan fingerprint density at radius 3 is 0.879 bits per heavy atom. The summed E-state index contributed by atoms with van der Waals surface area (Å²) in [4.78, 5) is 0. The SMILES string of the molecule is [2H]c1ccc(-c2c(-c3ccc(OC)cc3)c(-c3ccc([2H])cc3)c(-c3ccc(-c4ccc[n+](C)c4)cc3)c(-c3ccc([2H])cc3)c2-c2ccc(-c3ccc[n+](C)c3)cc2)cc1. The summed E-state index contributed by atoms with van der Waals surface area (Å²) < 4.78 is 35.4. The van der Waals surface area contributed by atoms with Crippen molar-refractivity contribution in [1.82, 2.24) is 0 Å². The van der Waals surface area contributed by atoms with Crippen molar-refractivity contribution in [2.24, 2.45) is 14.1 Å². The lowest BCUT2D eigenvalue weighted by Gasteiger charge is -2.29. The van der Waals surface area contributed by atoms with E-state index in [1.54, 1.807) is 7.11 Å². The second kappa shape index (κ2) is 16.0. The number of ether oxygens (including phenoxy) is 1. The highest BCUT2D eigenvalue weighted by Crippen LogP contribution is 2.56. The zero-order chi connectivity index (χ0) is 42.0. The lowest BCUT2D eigenvalue weighted by Crippen LogP contribution is -2.26. The second-order valence-electron chi connectivity index (χ2n) is 14.5. The number of rotatable bonds is 9. The van der Waals surface area contributed by atoms with Crippen LogP contribution in [0.2, 0.25) is 0 Å². The molecule has 0 aliphatic carbocycles. The molecule has 7 aromatic carbocycles. The van der Waals surface area contributed by atoms with Crippen LogP contribution in [0, 0.1) is 0 Å². The first-order valence-electron chi connectivity index (χ1n) is 21.0. The van der Waals surface area contributed by atoms with Gasteiger partial charge in [-0.25, -0.2) is 9.13 Å². The van der Waals surface area contributed by atoms with Crippen LogP contribution in [-0.2, 0) is 14.1 Å². The molecule has 0 fully saturated rings. The van der Waals surface area contributed by atoms with Crippen molar-refractivity contribution in [3.8, 4) is 94.8 Å². The highest BCUT2D eigenvalue weighted by molar-refractivity contribution is 6.15. The molecule has 0 aliphatic rings. The van der Waals surface area contributed by atoms with E-state index < -0.39 is 0 Å². The average molecular weight is 752 g/mol. The molecule has 0 spiro atoms. The van der Waals surface area contributed by atoms with E-state index in [4.69, 9.17) is 8.85 Å². The summed E-state index contributed by atoms with van der Waals surface area (Å²) in [6.07, 6.45) is 8.34. The summed E-state index contributed by atoms with van der Waals surface area (Å²) in [5, 5.41) is 0. The molecule has 0 radical (unpaired) electrons. The maximum atomic E-state index is 8.55. The number of aromatic nitrogens is 2. The summed E-state index contributed by atoms with van der Waals surface area (Å²) in [6.45, 7) is 0. The summed E-state index contributed by atoms with van der Waals surface area (Å²) in [5.74, 6) is 0.756. The van der Waals surface area contributed by atoms with Crippen molar-refractivity contribution in [2.45, 2.75) is 0 Å². The van der Waals surface area contributed by atoms with Crippen molar-refractivity contribution in [3.05, 3.63) is 213 Å². The van der Waals surface area contributed by atoms with Crippen LogP contribution in [-0.4, -0.2) is 7.11 Å². The van der Waals surface area contributed by atoms with E-state index >= 15 is 0 Å². The molecule has 9 aromatic rings. The van der Waals surface area contributed by atoms with E-state index in [-0.39, 0.29) is 0 Å². The third-order valence-electron chi connectivity index (χ3n) is 10.8. The van der Waals surface area contributed by atoms with Crippen LogP contribution in [0.25, 0.3) is 89.0 Å². The predicted molar refractivity (Wildman–Crippen MR) is 239 cm³/mol. The molecule has 0 aliphatic heterocycles. The number of methoxy groups -OCH3 is 1. The van der Waals surface area contributed by atoms with Gasteiger partial charge < -0.3 is 4.74 Å². The maximum Gasteiger partial charge on any atom is 0.176 e. The molecule has 0 saturated heterocycles. The molecule has 0 saturated carbocycles. The van der Waals surface area contributed by atoms with Crippen molar-refractivity contribution >= 4 is 0 Å². The minimum atomic E-state index is 0.429. The summed E-state index contributed by atoms with van der Waals surface area (Å²) in [5.41, 5.74) is 16.5. The van der Waals surface area contributed by atoms with Gasteiger partial charge in [-0.3, -0.25) is 0 Å². The van der Waals surface area contributed by atoms with Crippen molar-refractivity contribution in [2.75, 3.05) is 7.11 Å². The van der Waals surface area contributed by atoms with Gasteiger partial charge in [-0.15, -0.1) is 0 Å².